The van der Waals surface area contributed by atoms with Crippen molar-refractivity contribution in [2.45, 2.75) is 56.7 Å². The molecule has 0 radical (unpaired) electrons. The first-order valence-corrected chi connectivity index (χ1v) is 7.60. The van der Waals surface area contributed by atoms with Gasteiger partial charge < -0.3 is 0 Å². The summed E-state index contributed by atoms with van der Waals surface area (Å²) >= 11 is 3.96. The number of hydrogen-bond donors (Lipinski definition) is 0. The van der Waals surface area contributed by atoms with Gasteiger partial charge >= 0.3 is 0 Å². The summed E-state index contributed by atoms with van der Waals surface area (Å²) in [5.74, 6) is 0.485. The maximum atomic E-state index is 4.50. The molecule has 1 heterocycles. The number of nitrogens with zero attached hydrogens (tertiary/aromatic N) is 1. The first kappa shape index (κ1) is 13.1. The zero-order valence-electron chi connectivity index (χ0n) is 10.8. The van der Waals surface area contributed by atoms with E-state index >= 15 is 0 Å². The van der Waals surface area contributed by atoms with E-state index in [0.717, 1.165) is 0 Å². The second-order valence-corrected chi connectivity index (χ2v) is 6.65. The molecule has 1 nitrogen and oxygen atoms in total. The van der Waals surface area contributed by atoms with E-state index < -0.39 is 0 Å². The molecule has 2 heteroatoms. The number of pyridine rings is 1. The number of aromatic nitrogens is 1. The van der Waals surface area contributed by atoms with Gasteiger partial charge in [-0.15, -0.1) is 0 Å². The maximum Gasteiger partial charge on any atom is 0.0443 e. The summed E-state index contributed by atoms with van der Waals surface area (Å²) in [4.78, 5) is 5.03. The van der Waals surface area contributed by atoms with Gasteiger partial charge in [0.15, 0.2) is 0 Å². The minimum atomic E-state index is 0.440. The summed E-state index contributed by atoms with van der Waals surface area (Å²) in [5.41, 5.74) is 1.65. The lowest BCUT2D eigenvalue weighted by Crippen LogP contribution is -2.34. The molecule has 1 fully saturated rings. The summed E-state index contributed by atoms with van der Waals surface area (Å²) in [7, 11) is 0. The molecule has 1 aromatic heterocycles. The molecule has 1 aliphatic rings. The molecule has 0 N–H and O–H groups in total. The Morgan fingerprint density at radius 3 is 2.53 bits per heavy atom. The lowest BCUT2D eigenvalue weighted by molar-refractivity contribution is 0.199. The molecule has 1 saturated carbocycles. The van der Waals surface area contributed by atoms with Crippen LogP contribution in [0.5, 0.6) is 0 Å². The fourth-order valence-electron chi connectivity index (χ4n) is 3.03. The normalized spacial score (nSPS) is 23.0. The number of alkyl halides is 1. The molecule has 1 aliphatic carbocycles. The highest BCUT2D eigenvalue weighted by Gasteiger charge is 2.37. The SMILES string of the molecule is CC(c1ccccn1)C(Br)C1(C)CCCCC1. The molecule has 94 valence electrons. The van der Waals surface area contributed by atoms with E-state index in [2.05, 4.69) is 46.9 Å². The van der Waals surface area contributed by atoms with E-state index in [1.165, 1.54) is 37.8 Å². The highest BCUT2D eigenvalue weighted by atomic mass is 79.9. The molecule has 0 aromatic carbocycles. The summed E-state index contributed by atoms with van der Waals surface area (Å²) in [6.45, 7) is 4.73. The van der Waals surface area contributed by atoms with Crippen molar-refractivity contribution in [3.05, 3.63) is 30.1 Å². The van der Waals surface area contributed by atoms with Crippen LogP contribution in [-0.2, 0) is 0 Å². The molecule has 0 spiro atoms. The molecule has 0 bridgehead atoms. The molecule has 17 heavy (non-hydrogen) atoms. The largest absolute Gasteiger partial charge is 0.261 e. The van der Waals surface area contributed by atoms with Gasteiger partial charge in [0.05, 0.1) is 0 Å². The van der Waals surface area contributed by atoms with Crippen LogP contribution in [0.15, 0.2) is 24.4 Å². The zero-order chi connectivity index (χ0) is 12.3. The Labute approximate surface area is 113 Å². The highest BCUT2D eigenvalue weighted by Crippen LogP contribution is 2.46. The van der Waals surface area contributed by atoms with Crippen LogP contribution in [0.2, 0.25) is 0 Å². The quantitative estimate of drug-likeness (QED) is 0.721. The molecule has 2 unspecified atom stereocenters. The van der Waals surface area contributed by atoms with Crippen LogP contribution in [0.25, 0.3) is 0 Å². The maximum absolute atomic E-state index is 4.50. The van der Waals surface area contributed by atoms with Gasteiger partial charge in [-0.25, -0.2) is 0 Å². The second-order valence-electron chi connectivity index (χ2n) is 5.66. The van der Waals surface area contributed by atoms with Gasteiger partial charge in [-0.05, 0) is 30.4 Å². The van der Waals surface area contributed by atoms with Gasteiger partial charge in [0.2, 0.25) is 0 Å². The van der Waals surface area contributed by atoms with E-state index in [1.54, 1.807) is 0 Å². The first-order valence-electron chi connectivity index (χ1n) is 6.68. The fraction of sp³-hybridized carbons (Fsp3) is 0.667. The first-order chi connectivity index (χ1) is 8.13. The summed E-state index contributed by atoms with van der Waals surface area (Å²) in [5, 5.41) is 0. The van der Waals surface area contributed by atoms with Crippen molar-refractivity contribution < 1.29 is 0 Å². The number of hydrogen-bond acceptors (Lipinski definition) is 1. The van der Waals surface area contributed by atoms with Crippen LogP contribution in [0.3, 0.4) is 0 Å². The van der Waals surface area contributed by atoms with E-state index in [1.807, 2.05) is 12.3 Å². The molecule has 2 atom stereocenters. The van der Waals surface area contributed by atoms with E-state index in [9.17, 15) is 0 Å². The van der Waals surface area contributed by atoms with E-state index in [-0.39, 0.29) is 0 Å². The van der Waals surface area contributed by atoms with Crippen LogP contribution in [0, 0.1) is 5.41 Å². The van der Waals surface area contributed by atoms with Crippen molar-refractivity contribution in [1.82, 2.24) is 4.98 Å². The van der Waals surface area contributed by atoms with Crippen molar-refractivity contribution in [2.75, 3.05) is 0 Å². The van der Waals surface area contributed by atoms with Crippen molar-refractivity contribution in [2.24, 2.45) is 5.41 Å². The summed E-state index contributed by atoms with van der Waals surface area (Å²) in [6, 6.07) is 6.22. The number of rotatable bonds is 3. The van der Waals surface area contributed by atoms with Crippen molar-refractivity contribution in [1.29, 1.82) is 0 Å². The molecule has 0 aliphatic heterocycles. The molecular formula is C15H22BrN. The smallest absolute Gasteiger partial charge is 0.0443 e. The second kappa shape index (κ2) is 5.51. The third-order valence-corrected chi connectivity index (χ3v) is 6.15. The van der Waals surface area contributed by atoms with E-state index in [0.29, 0.717) is 16.2 Å². The van der Waals surface area contributed by atoms with Gasteiger partial charge in [-0.1, -0.05) is 55.1 Å². The molecule has 2 rings (SSSR count). The van der Waals surface area contributed by atoms with Crippen LogP contribution in [0.1, 0.15) is 57.6 Å². The Balaban J connectivity index is 2.11. The predicted octanol–water partition coefficient (Wildman–Crippen LogP) is 4.92. The van der Waals surface area contributed by atoms with Gasteiger partial charge in [0.1, 0.15) is 0 Å². The Morgan fingerprint density at radius 2 is 1.94 bits per heavy atom. The third-order valence-electron chi connectivity index (χ3n) is 4.25. The van der Waals surface area contributed by atoms with Crippen molar-refractivity contribution >= 4 is 15.9 Å². The minimum absolute atomic E-state index is 0.440. The van der Waals surface area contributed by atoms with Crippen LogP contribution in [0.4, 0.5) is 0 Å². The highest BCUT2D eigenvalue weighted by molar-refractivity contribution is 9.09. The van der Waals surface area contributed by atoms with Crippen molar-refractivity contribution in [3.63, 3.8) is 0 Å². The molecule has 0 amide bonds. The van der Waals surface area contributed by atoms with E-state index in [4.69, 9.17) is 0 Å². The standard InChI is InChI=1S/C15H22BrN/c1-12(13-8-4-7-11-17-13)14(16)15(2)9-5-3-6-10-15/h4,7-8,11-12,14H,3,5-6,9-10H2,1-2H3. The monoisotopic (exact) mass is 295 g/mol. The Morgan fingerprint density at radius 1 is 1.24 bits per heavy atom. The summed E-state index contributed by atoms with van der Waals surface area (Å²) < 4.78 is 0. The van der Waals surface area contributed by atoms with Crippen LogP contribution < -0.4 is 0 Å². The lowest BCUT2D eigenvalue weighted by Gasteiger charge is -2.40. The number of halogens is 1. The lowest BCUT2D eigenvalue weighted by atomic mass is 9.70. The van der Waals surface area contributed by atoms with Crippen molar-refractivity contribution in [3.8, 4) is 0 Å². The third kappa shape index (κ3) is 2.90. The Bertz CT molecular complexity index is 343. The fourth-order valence-corrected chi connectivity index (χ4v) is 3.76. The average Bonchev–Trinajstić information content (AvgIpc) is 2.39. The Kier molecular flexibility index (Phi) is 4.24. The minimum Gasteiger partial charge on any atom is -0.261 e. The van der Waals surface area contributed by atoms with Gasteiger partial charge in [0.25, 0.3) is 0 Å². The Hall–Kier alpha value is -0.370. The molecule has 1 aromatic rings. The van der Waals surface area contributed by atoms with Gasteiger partial charge in [-0.3, -0.25) is 4.98 Å². The van der Waals surface area contributed by atoms with Crippen LogP contribution >= 0.6 is 15.9 Å². The molecular weight excluding hydrogens is 274 g/mol. The predicted molar refractivity (Wildman–Crippen MR) is 76.6 cm³/mol. The molecule has 0 saturated heterocycles. The van der Waals surface area contributed by atoms with Gasteiger partial charge in [-0.2, -0.15) is 0 Å². The summed E-state index contributed by atoms with van der Waals surface area (Å²) in [6.07, 6.45) is 8.77. The average molecular weight is 296 g/mol. The van der Waals surface area contributed by atoms with Gasteiger partial charge in [0, 0.05) is 22.6 Å². The zero-order valence-corrected chi connectivity index (χ0v) is 12.4. The van der Waals surface area contributed by atoms with Crippen LogP contribution in [-0.4, -0.2) is 9.81 Å². The topological polar surface area (TPSA) is 12.9 Å².